The number of anilines is 4. The van der Waals surface area contributed by atoms with Gasteiger partial charge in [0.1, 0.15) is 23.0 Å². The number of rotatable bonds is 24. The summed E-state index contributed by atoms with van der Waals surface area (Å²) < 4.78 is 125. The van der Waals surface area contributed by atoms with Crippen LogP contribution >= 0.6 is 116 Å². The number of aryl methyl sites for hydroxylation is 8. The average Bonchev–Trinajstić information content (AvgIpc) is 1.07. The molecule has 0 saturated heterocycles. The lowest BCUT2D eigenvalue weighted by atomic mass is 10.0. The summed E-state index contributed by atoms with van der Waals surface area (Å²) in [5.41, 5.74) is 5.06. The number of halogens is 7. The van der Waals surface area contributed by atoms with Crippen molar-refractivity contribution in [2.24, 2.45) is 0 Å². The second-order valence-electron chi connectivity index (χ2n) is 18.3. The second kappa shape index (κ2) is 51.2. The number of nitrogens with one attached hydrogen (secondary N) is 4. The van der Waals surface area contributed by atoms with E-state index in [2.05, 4.69) is 52.9 Å². The van der Waals surface area contributed by atoms with E-state index in [1.807, 2.05) is 82.3 Å². The van der Waals surface area contributed by atoms with Gasteiger partial charge in [0.25, 0.3) is 5.24 Å². The van der Waals surface area contributed by atoms with Crippen molar-refractivity contribution in [3.05, 3.63) is 241 Å². The average molecular weight is 1660 g/mol. The molecular formula is C62H65Cl7N4O16S9-4. The van der Waals surface area contributed by atoms with Crippen LogP contribution in [0.25, 0.3) is 0 Å². The fourth-order valence-corrected chi connectivity index (χ4v) is 11.1. The van der Waals surface area contributed by atoms with E-state index in [4.69, 9.17) is 117 Å². The number of aromatic carboxylic acids is 1. The van der Waals surface area contributed by atoms with E-state index in [0.29, 0.717) is 87.9 Å². The van der Waals surface area contributed by atoms with Gasteiger partial charge in [-0.05, 0) is 190 Å². The Hall–Kier alpha value is -4.94. The summed E-state index contributed by atoms with van der Waals surface area (Å²) in [5, 5.41) is 9.47. The number of furan rings is 4. The number of carboxylic acids is 1. The molecule has 36 heteroatoms. The molecule has 0 aliphatic carbocycles. The van der Waals surface area contributed by atoms with Crippen LogP contribution in [-0.2, 0) is 118 Å². The number of carboxylic acid groups (broad SMARTS) is 1. The highest BCUT2D eigenvalue weighted by molar-refractivity contribution is 8.26. The van der Waals surface area contributed by atoms with E-state index in [1.54, 1.807) is 61.3 Å². The first-order chi connectivity index (χ1) is 45.4. The van der Waals surface area contributed by atoms with Crippen molar-refractivity contribution >= 4 is 226 Å². The third kappa shape index (κ3) is 37.1. The molecule has 0 aliphatic heterocycles. The Kier molecular flexibility index (Phi) is 48.7. The van der Waals surface area contributed by atoms with Crippen LogP contribution in [0.3, 0.4) is 0 Å². The van der Waals surface area contributed by atoms with Crippen molar-refractivity contribution in [3.63, 3.8) is 0 Å². The first kappa shape index (κ1) is 93.1. The first-order valence-corrected chi connectivity index (χ1v) is 37.7. The van der Waals surface area contributed by atoms with Gasteiger partial charge in [-0.1, -0.05) is 90.4 Å². The van der Waals surface area contributed by atoms with Gasteiger partial charge in [-0.2, -0.15) is 0 Å². The quantitative estimate of drug-likeness (QED) is 0.00622. The Labute approximate surface area is 638 Å². The Morgan fingerprint density at radius 1 is 0.490 bits per heavy atom. The van der Waals surface area contributed by atoms with Crippen LogP contribution in [0, 0.1) is 7.43 Å². The zero-order valence-electron chi connectivity index (χ0n) is 51.4. The molecule has 0 radical (unpaired) electrons. The zero-order valence-corrected chi connectivity index (χ0v) is 64.2. The molecule has 8 rings (SSSR count). The number of carbonyl (C=O) groups excluding carboxylic acids is 1. The Balaban J connectivity index is 0.00000120. The monoisotopic (exact) mass is 1650 g/mol. The number of carbonyl (C=O) groups is 2. The van der Waals surface area contributed by atoms with Gasteiger partial charge in [-0.15, -0.1) is 16.8 Å². The summed E-state index contributed by atoms with van der Waals surface area (Å²) in [6, 6.07) is 26.5. The topological polar surface area (TPSA) is 333 Å². The second-order valence-corrected chi connectivity index (χ2v) is 27.7. The van der Waals surface area contributed by atoms with Crippen LogP contribution in [0.5, 0.6) is 0 Å². The van der Waals surface area contributed by atoms with Gasteiger partial charge in [0.15, 0.2) is 0 Å². The fourth-order valence-electron chi connectivity index (χ4n) is 7.58. The molecule has 0 fully saturated rings. The normalized spacial score (nSPS) is 11.5. The molecule has 0 saturated carbocycles. The van der Waals surface area contributed by atoms with Gasteiger partial charge in [0.05, 0.1) is 77.7 Å². The number of allylic oxidation sites excluding steroid dienone is 4. The van der Waals surface area contributed by atoms with Gasteiger partial charge in [0, 0.05) is 111 Å². The van der Waals surface area contributed by atoms with Gasteiger partial charge in [-0.25, -0.2) is 9.00 Å². The van der Waals surface area contributed by atoms with Crippen molar-refractivity contribution in [2.45, 2.75) is 86.5 Å². The molecule has 536 valence electrons. The highest BCUT2D eigenvalue weighted by Crippen LogP contribution is 2.32. The molecule has 0 spiro atoms. The summed E-state index contributed by atoms with van der Waals surface area (Å²) in [6.45, 7) is 8.00. The number of benzene rings is 4. The molecule has 4 aromatic heterocycles. The van der Waals surface area contributed by atoms with Crippen LogP contribution in [0.2, 0.25) is 20.1 Å². The maximum Gasteiger partial charge on any atom is 0.336 e. The summed E-state index contributed by atoms with van der Waals surface area (Å²) in [7, 11) is 7.36. The summed E-state index contributed by atoms with van der Waals surface area (Å²) >= 11 is 39.0. The minimum absolute atomic E-state index is 0. The Morgan fingerprint density at radius 2 is 0.724 bits per heavy atom. The summed E-state index contributed by atoms with van der Waals surface area (Å²) in [5.74, 6) is 2.04. The number of hydrogen-bond donors (Lipinski definition) is 6. The Bertz CT molecular complexity index is 3450. The van der Waals surface area contributed by atoms with Gasteiger partial charge < -0.3 is 84.7 Å². The molecule has 4 aromatic carbocycles. The Morgan fingerprint density at radius 3 is 0.939 bits per heavy atom. The molecule has 98 heavy (non-hydrogen) atoms. The molecule has 0 amide bonds. The summed E-state index contributed by atoms with van der Waals surface area (Å²) in [4.78, 5) is 22.8. The predicted octanol–water partition coefficient (Wildman–Crippen LogP) is 17.9. The minimum atomic E-state index is -2.58. The molecule has 4 heterocycles. The van der Waals surface area contributed by atoms with Gasteiger partial charge >= 0.3 is 5.97 Å². The standard InChI is InChI=1S/C13H11Cl2NO4S.C13H12ClNO5S.2C13H12ClNO3S3.2C4H8.CH4.CH3.Cl2OS/c14-11-6-8(3-4-9-2-1-5-20-9)10(13(15)17)7-12(11)16-21(18)19;14-11-6-8(3-4-9-2-1-5-20-9)10(13(16)17)7-12(11)15-21(18)19;2*14-11-6-8(3-4-9-2-1-5-18-9)10(13(19)20)7-12(11)15-21(16)17;2*1-3-4-2;;;1-4(2)3/h1-2,5-7,16H,3-4H2,(H,18,19);1-2,5-7,15H,3-4H2,(H,16,17)(H,18,19);2*1-2,5-7,15H,3-4H2,(H,16,17)(H,19,20);2*3-4H,1-2H3;1H4;1H3;/q;;;;;;;+1;/p-5. The number of thiol groups is 1. The maximum absolute atomic E-state index is 11.5. The first-order valence-electron chi connectivity index (χ1n) is 27.0. The van der Waals surface area contributed by atoms with Crippen molar-refractivity contribution in [1.82, 2.24) is 0 Å². The van der Waals surface area contributed by atoms with Crippen LogP contribution < -0.4 is 18.9 Å². The number of hydrogen-bond acceptors (Lipinski definition) is 18. The molecular weight excluding hydrogens is 1590 g/mol. The van der Waals surface area contributed by atoms with Crippen molar-refractivity contribution in [1.29, 1.82) is 0 Å². The van der Waals surface area contributed by atoms with Crippen LogP contribution in [0.15, 0.2) is 164 Å². The minimum Gasteiger partial charge on any atom is -0.755 e. The number of thiocarbonyl (C=S) groups is 2. The molecule has 4 unspecified atom stereocenters. The smallest absolute Gasteiger partial charge is 0.336 e. The maximum atomic E-state index is 11.5. The molecule has 0 aliphatic rings. The predicted molar refractivity (Wildman–Crippen MR) is 411 cm³/mol. The van der Waals surface area contributed by atoms with E-state index < -0.39 is 65.5 Å². The van der Waals surface area contributed by atoms with E-state index in [-0.39, 0.29) is 63.0 Å². The molecule has 5 N–H and O–H groups in total. The fraction of sp³-hybridized carbons (Fsp3) is 0.210. The lowest BCUT2D eigenvalue weighted by molar-refractivity contribution is 0.0695. The third-order valence-electron chi connectivity index (χ3n) is 12.0. The van der Waals surface area contributed by atoms with Crippen LogP contribution in [-0.4, -0.2) is 64.0 Å². The van der Waals surface area contributed by atoms with Crippen molar-refractivity contribution in [3.8, 4) is 0 Å². The third-order valence-corrected chi connectivity index (χ3v) is 15.9. The summed E-state index contributed by atoms with van der Waals surface area (Å²) in [6.07, 6.45) is 19.0. The molecule has 20 nitrogen and oxygen atoms in total. The van der Waals surface area contributed by atoms with E-state index in [1.165, 1.54) is 30.5 Å². The van der Waals surface area contributed by atoms with Crippen LogP contribution in [0.4, 0.5) is 22.7 Å². The van der Waals surface area contributed by atoms with Crippen molar-refractivity contribution in [2.75, 3.05) is 18.9 Å². The van der Waals surface area contributed by atoms with Gasteiger partial charge in [-0.3, -0.25) is 21.6 Å². The van der Waals surface area contributed by atoms with Crippen LogP contribution in [0.1, 0.15) is 112 Å². The van der Waals surface area contributed by atoms with E-state index >= 15 is 0 Å². The van der Waals surface area contributed by atoms with Crippen molar-refractivity contribution < 1.29 is 71.6 Å². The SMILES string of the molecule is C.CC=CC.CC=CC.O=C(Cl)c1cc(NS(=O)[O-])c(Cl)cc1CCc1ccco1.O=C(O)c1cc(NS(=O)[O-])c(Cl)cc1CCc1ccco1.O=S(Cl)Cl.O=S([O-])Nc1cc(C(=S)S)c(CCc2ccco2)cc1Cl.O=S([O-])Nc1cc(C(=S)[S-])c(CCc2ccco2)cc1Cl.[CH3+]. The highest BCUT2D eigenvalue weighted by atomic mass is 36.0. The van der Waals surface area contributed by atoms with E-state index in [0.717, 1.165) is 34.2 Å². The zero-order chi connectivity index (χ0) is 72.0. The highest BCUT2D eigenvalue weighted by Gasteiger charge is 2.18. The largest absolute Gasteiger partial charge is 0.755 e. The molecule has 4 atom stereocenters. The molecule has 0 bridgehead atoms. The lowest BCUT2D eigenvalue weighted by Crippen LogP contribution is -2.08. The van der Waals surface area contributed by atoms with E-state index in [9.17, 15) is 49.7 Å². The van der Waals surface area contributed by atoms with Gasteiger partial charge in [0.2, 0.25) is 9.23 Å². The molecule has 8 aromatic rings. The lowest BCUT2D eigenvalue weighted by Gasteiger charge is -2.18.